The Morgan fingerprint density at radius 1 is 1.22 bits per heavy atom. The minimum absolute atomic E-state index is 0.0232. The van der Waals surface area contributed by atoms with Crippen molar-refractivity contribution < 1.29 is 21.6 Å². The van der Waals surface area contributed by atoms with Crippen LogP contribution in [0.1, 0.15) is 6.92 Å². The van der Waals surface area contributed by atoms with Gasteiger partial charge in [0.1, 0.15) is 10.6 Å². The fourth-order valence-corrected chi connectivity index (χ4v) is 2.39. The quantitative estimate of drug-likeness (QED) is 0.661. The number of nitrogens with one attached hydrogen (secondary N) is 1. The largest absolute Gasteiger partial charge is 0.492 e. The average molecular weight is 295 g/mol. The van der Waals surface area contributed by atoms with E-state index >= 15 is 0 Å². The van der Waals surface area contributed by atoms with Crippen molar-refractivity contribution in [1.29, 1.82) is 0 Å². The summed E-state index contributed by atoms with van der Waals surface area (Å²) in [6.07, 6.45) is 0. The molecule has 0 fully saturated rings. The zero-order valence-corrected chi connectivity index (χ0v) is 11.1. The van der Waals surface area contributed by atoms with Gasteiger partial charge in [-0.25, -0.2) is 18.7 Å². The van der Waals surface area contributed by atoms with Crippen LogP contribution in [0.25, 0.3) is 0 Å². The zero-order chi connectivity index (χ0) is 14.0. The van der Waals surface area contributed by atoms with E-state index in [-0.39, 0.29) is 22.9 Å². The lowest BCUT2D eigenvalue weighted by atomic mass is 10.3. The third-order valence-corrected chi connectivity index (χ3v) is 3.26. The molecule has 0 heterocycles. The summed E-state index contributed by atoms with van der Waals surface area (Å²) in [6, 6.07) is 3.63. The Bertz CT molecular complexity index is 639. The second-order valence-electron chi connectivity index (χ2n) is 3.29. The van der Waals surface area contributed by atoms with E-state index in [0.29, 0.717) is 0 Å². The van der Waals surface area contributed by atoms with Gasteiger partial charge in [0.25, 0.3) is 10.2 Å². The highest BCUT2D eigenvalue weighted by Gasteiger charge is 2.17. The molecule has 8 nitrogen and oxygen atoms in total. The molecular formula is C8H13N3O5S2. The van der Waals surface area contributed by atoms with Gasteiger partial charge >= 0.3 is 0 Å². The summed E-state index contributed by atoms with van der Waals surface area (Å²) in [7, 11) is -8.03. The predicted octanol–water partition coefficient (Wildman–Crippen LogP) is -0.652. The van der Waals surface area contributed by atoms with Gasteiger partial charge < -0.3 is 4.74 Å². The SMILES string of the molecule is CCOc1ccc(NS(N)(=O)=O)cc1S(N)(=O)=O. The first-order chi connectivity index (χ1) is 8.13. The van der Waals surface area contributed by atoms with E-state index < -0.39 is 20.2 Å². The first kappa shape index (κ1) is 14.7. The topological polar surface area (TPSA) is 142 Å². The molecule has 0 atom stereocenters. The van der Waals surface area contributed by atoms with Gasteiger partial charge in [-0.1, -0.05) is 0 Å². The molecule has 0 saturated heterocycles. The Morgan fingerprint density at radius 2 is 1.83 bits per heavy atom. The highest BCUT2D eigenvalue weighted by Crippen LogP contribution is 2.26. The van der Waals surface area contributed by atoms with Crippen molar-refractivity contribution >= 4 is 25.9 Å². The standard InChI is InChI=1S/C8H13N3O5S2/c1-2-16-7-4-3-6(11-18(10,14)15)5-8(7)17(9,12)13/h3-5,11H,2H2,1H3,(H2,9,12,13)(H2,10,14,15). The lowest BCUT2D eigenvalue weighted by Gasteiger charge is -2.11. The van der Waals surface area contributed by atoms with Crippen LogP contribution in [0.15, 0.2) is 23.1 Å². The van der Waals surface area contributed by atoms with Gasteiger partial charge in [0.2, 0.25) is 10.0 Å². The lowest BCUT2D eigenvalue weighted by Crippen LogP contribution is -2.22. The first-order valence-electron chi connectivity index (χ1n) is 4.73. The second kappa shape index (κ2) is 5.10. The molecule has 18 heavy (non-hydrogen) atoms. The molecule has 1 rings (SSSR count). The van der Waals surface area contributed by atoms with Gasteiger partial charge in [0, 0.05) is 0 Å². The molecule has 0 bridgehead atoms. The summed E-state index contributed by atoms with van der Waals surface area (Å²) in [5, 5.41) is 9.78. The lowest BCUT2D eigenvalue weighted by molar-refractivity contribution is 0.331. The molecule has 1 aromatic rings. The zero-order valence-electron chi connectivity index (χ0n) is 9.45. The van der Waals surface area contributed by atoms with Crippen molar-refractivity contribution in [3.8, 4) is 5.75 Å². The van der Waals surface area contributed by atoms with E-state index in [1.807, 2.05) is 4.72 Å². The van der Waals surface area contributed by atoms with Crippen molar-refractivity contribution in [2.75, 3.05) is 11.3 Å². The molecule has 10 heteroatoms. The van der Waals surface area contributed by atoms with E-state index in [4.69, 9.17) is 15.0 Å². The number of ether oxygens (including phenoxy) is 1. The van der Waals surface area contributed by atoms with E-state index in [1.165, 1.54) is 12.1 Å². The van der Waals surface area contributed by atoms with E-state index in [0.717, 1.165) is 6.07 Å². The summed E-state index contributed by atoms with van der Waals surface area (Å²) in [4.78, 5) is -0.321. The highest BCUT2D eigenvalue weighted by molar-refractivity contribution is 7.90. The first-order valence-corrected chi connectivity index (χ1v) is 7.83. The van der Waals surface area contributed by atoms with Gasteiger partial charge in [0.15, 0.2) is 0 Å². The average Bonchev–Trinajstić information content (AvgIpc) is 2.16. The molecule has 0 saturated carbocycles. The van der Waals surface area contributed by atoms with Crippen LogP contribution in [0.3, 0.4) is 0 Å². The molecule has 0 aliphatic rings. The van der Waals surface area contributed by atoms with Crippen molar-refractivity contribution in [3.05, 3.63) is 18.2 Å². The van der Waals surface area contributed by atoms with Crippen LogP contribution in [0.4, 0.5) is 5.69 Å². The minimum atomic E-state index is -4.03. The third-order valence-electron chi connectivity index (χ3n) is 1.81. The fourth-order valence-electron chi connectivity index (χ4n) is 1.23. The molecule has 0 radical (unpaired) electrons. The fraction of sp³-hybridized carbons (Fsp3) is 0.250. The number of benzene rings is 1. The van der Waals surface area contributed by atoms with Crippen LogP contribution in [0, 0.1) is 0 Å². The van der Waals surface area contributed by atoms with Crippen molar-refractivity contribution in [2.24, 2.45) is 10.3 Å². The summed E-state index contributed by atoms with van der Waals surface area (Å²) < 4.78 is 51.3. The van der Waals surface area contributed by atoms with Gasteiger partial charge in [-0.3, -0.25) is 4.72 Å². The Kier molecular flexibility index (Phi) is 4.16. The molecule has 0 aliphatic heterocycles. The number of sulfonamides is 1. The maximum Gasteiger partial charge on any atom is 0.296 e. The maximum absolute atomic E-state index is 11.3. The molecule has 0 aliphatic carbocycles. The molecule has 1 aromatic carbocycles. The molecule has 0 amide bonds. The van der Waals surface area contributed by atoms with Crippen LogP contribution in [0.5, 0.6) is 5.75 Å². The number of primary sulfonamides is 1. The molecule has 0 unspecified atom stereocenters. The van der Waals surface area contributed by atoms with Crippen molar-refractivity contribution in [2.45, 2.75) is 11.8 Å². The van der Waals surface area contributed by atoms with Gasteiger partial charge in [-0.2, -0.15) is 8.42 Å². The van der Waals surface area contributed by atoms with Crippen molar-refractivity contribution in [3.63, 3.8) is 0 Å². The van der Waals surface area contributed by atoms with Crippen LogP contribution in [-0.2, 0) is 20.2 Å². The van der Waals surface area contributed by atoms with Crippen LogP contribution in [0.2, 0.25) is 0 Å². The third kappa shape index (κ3) is 4.14. The Hall–Kier alpha value is -1.36. The summed E-state index contributed by atoms with van der Waals surface area (Å²) in [5.74, 6) is 0.0416. The van der Waals surface area contributed by atoms with E-state index in [2.05, 4.69) is 0 Å². The Balaban J connectivity index is 3.30. The minimum Gasteiger partial charge on any atom is -0.492 e. The van der Waals surface area contributed by atoms with Gasteiger partial charge in [0.05, 0.1) is 12.3 Å². The van der Waals surface area contributed by atoms with Crippen LogP contribution < -0.4 is 19.7 Å². The highest BCUT2D eigenvalue weighted by atomic mass is 32.2. The Morgan fingerprint density at radius 3 is 2.28 bits per heavy atom. The number of anilines is 1. The number of hydrogen-bond acceptors (Lipinski definition) is 5. The molecule has 0 aromatic heterocycles. The smallest absolute Gasteiger partial charge is 0.296 e. The predicted molar refractivity (Wildman–Crippen MR) is 65.7 cm³/mol. The number of rotatable bonds is 5. The second-order valence-corrected chi connectivity index (χ2v) is 6.11. The van der Waals surface area contributed by atoms with Gasteiger partial charge in [-0.15, -0.1) is 0 Å². The van der Waals surface area contributed by atoms with E-state index in [9.17, 15) is 16.8 Å². The summed E-state index contributed by atoms with van der Waals surface area (Å²) in [5.41, 5.74) is -0.0232. The molecular weight excluding hydrogens is 282 g/mol. The maximum atomic E-state index is 11.3. The van der Waals surface area contributed by atoms with E-state index in [1.54, 1.807) is 6.92 Å². The number of hydrogen-bond donors (Lipinski definition) is 3. The van der Waals surface area contributed by atoms with Crippen molar-refractivity contribution in [1.82, 2.24) is 0 Å². The van der Waals surface area contributed by atoms with Crippen LogP contribution >= 0.6 is 0 Å². The normalized spacial score (nSPS) is 12.2. The number of nitrogens with two attached hydrogens (primary N) is 2. The molecule has 0 spiro atoms. The summed E-state index contributed by atoms with van der Waals surface area (Å²) in [6.45, 7) is 1.91. The summed E-state index contributed by atoms with van der Waals surface area (Å²) >= 11 is 0. The molecule has 5 N–H and O–H groups in total. The van der Waals surface area contributed by atoms with Crippen LogP contribution in [-0.4, -0.2) is 23.4 Å². The molecule has 102 valence electrons. The van der Waals surface area contributed by atoms with Gasteiger partial charge in [-0.05, 0) is 25.1 Å². The monoisotopic (exact) mass is 295 g/mol. The Labute approximate surface area is 105 Å².